The van der Waals surface area contributed by atoms with Gasteiger partial charge in [-0.05, 0) is 49.7 Å². The minimum atomic E-state index is -0.0924. The van der Waals surface area contributed by atoms with Gasteiger partial charge in [-0.2, -0.15) is 0 Å². The highest BCUT2D eigenvalue weighted by molar-refractivity contribution is 5.98. The zero-order chi connectivity index (χ0) is 24.2. The van der Waals surface area contributed by atoms with Gasteiger partial charge in [-0.3, -0.25) is 9.97 Å². The molecule has 1 saturated heterocycles. The first kappa shape index (κ1) is 21.9. The predicted octanol–water partition coefficient (Wildman–Crippen LogP) is 4.97. The fraction of sp³-hybridized carbons (Fsp3) is 0.357. The molecule has 7 nitrogen and oxygen atoms in total. The molecule has 7 heteroatoms. The van der Waals surface area contributed by atoms with E-state index in [1.807, 2.05) is 30.7 Å². The van der Waals surface area contributed by atoms with E-state index in [-0.39, 0.29) is 5.41 Å². The van der Waals surface area contributed by atoms with E-state index in [9.17, 15) is 0 Å². The zero-order valence-electron chi connectivity index (χ0n) is 20.7. The maximum Gasteiger partial charge on any atom is 0.161 e. The summed E-state index contributed by atoms with van der Waals surface area (Å²) >= 11 is 0. The van der Waals surface area contributed by atoms with Crippen LogP contribution in [-0.2, 0) is 10.2 Å². The number of aryl methyl sites for hydroxylation is 1. The SMILES string of the molecule is Cc1ccnc(-c2nc3ncccc3c(N3CC(C)(C)c4ncc(N5CCOCC5)cc43)c2C)c1. The molecule has 0 radical (unpaired) electrons. The monoisotopic (exact) mass is 466 g/mol. The molecule has 0 bridgehead atoms. The number of hydrogen-bond donors (Lipinski definition) is 0. The number of nitrogens with zero attached hydrogens (tertiary/aromatic N) is 6. The third kappa shape index (κ3) is 3.71. The van der Waals surface area contributed by atoms with Crippen LogP contribution in [0.15, 0.2) is 48.9 Å². The third-order valence-corrected chi connectivity index (χ3v) is 7.11. The molecule has 0 N–H and O–H groups in total. The maximum absolute atomic E-state index is 5.57. The van der Waals surface area contributed by atoms with Crippen LogP contribution in [0.25, 0.3) is 22.4 Å². The van der Waals surface area contributed by atoms with E-state index >= 15 is 0 Å². The van der Waals surface area contributed by atoms with Crippen LogP contribution in [0.3, 0.4) is 0 Å². The summed E-state index contributed by atoms with van der Waals surface area (Å²) in [6, 6.07) is 10.5. The summed E-state index contributed by atoms with van der Waals surface area (Å²) in [5, 5.41) is 1.04. The molecule has 0 spiro atoms. The molecule has 4 aromatic heterocycles. The highest BCUT2D eigenvalue weighted by Gasteiger charge is 2.39. The Morgan fingerprint density at radius 2 is 1.80 bits per heavy atom. The average Bonchev–Trinajstić information content (AvgIpc) is 3.14. The Hall–Kier alpha value is -3.58. The molecule has 35 heavy (non-hydrogen) atoms. The van der Waals surface area contributed by atoms with E-state index < -0.39 is 0 Å². The van der Waals surface area contributed by atoms with Gasteiger partial charge >= 0.3 is 0 Å². The van der Waals surface area contributed by atoms with Crippen molar-refractivity contribution in [1.82, 2.24) is 19.9 Å². The number of morpholine rings is 1. The summed E-state index contributed by atoms with van der Waals surface area (Å²) < 4.78 is 5.57. The second kappa shape index (κ2) is 8.27. The first-order valence-electron chi connectivity index (χ1n) is 12.2. The number of anilines is 3. The summed E-state index contributed by atoms with van der Waals surface area (Å²) in [5.41, 5.74) is 9.20. The fourth-order valence-corrected chi connectivity index (χ4v) is 5.36. The van der Waals surface area contributed by atoms with Crippen LogP contribution in [0.5, 0.6) is 0 Å². The lowest BCUT2D eigenvalue weighted by atomic mass is 9.91. The molecule has 0 unspecified atom stereocenters. The maximum atomic E-state index is 5.57. The zero-order valence-corrected chi connectivity index (χ0v) is 20.7. The molecule has 4 aromatic rings. The van der Waals surface area contributed by atoms with E-state index in [1.165, 1.54) is 0 Å². The lowest BCUT2D eigenvalue weighted by Crippen LogP contribution is -2.36. The van der Waals surface area contributed by atoms with Crippen LogP contribution in [0, 0.1) is 13.8 Å². The van der Waals surface area contributed by atoms with Gasteiger partial charge in [0.1, 0.15) is 0 Å². The summed E-state index contributed by atoms with van der Waals surface area (Å²) in [5.74, 6) is 0. The van der Waals surface area contributed by atoms with E-state index in [2.05, 4.69) is 65.7 Å². The van der Waals surface area contributed by atoms with Gasteiger partial charge < -0.3 is 14.5 Å². The van der Waals surface area contributed by atoms with Crippen molar-refractivity contribution in [3.05, 3.63) is 65.7 Å². The summed E-state index contributed by atoms with van der Waals surface area (Å²) in [6.45, 7) is 12.9. The lowest BCUT2D eigenvalue weighted by molar-refractivity contribution is 0.122. The van der Waals surface area contributed by atoms with Crippen molar-refractivity contribution in [2.24, 2.45) is 0 Å². The molecular formula is C28H30N6O. The Morgan fingerprint density at radius 3 is 2.60 bits per heavy atom. The Balaban J connectivity index is 1.57. The molecule has 0 saturated carbocycles. The molecule has 0 amide bonds. The van der Waals surface area contributed by atoms with E-state index in [0.717, 1.165) is 89.2 Å². The Labute approximate surface area is 205 Å². The van der Waals surface area contributed by atoms with Crippen LogP contribution in [0.2, 0.25) is 0 Å². The smallest absolute Gasteiger partial charge is 0.161 e. The molecule has 178 valence electrons. The van der Waals surface area contributed by atoms with Gasteiger partial charge in [0, 0.05) is 48.4 Å². The van der Waals surface area contributed by atoms with Crippen LogP contribution in [-0.4, -0.2) is 52.8 Å². The van der Waals surface area contributed by atoms with Crippen LogP contribution in [0.4, 0.5) is 17.1 Å². The lowest BCUT2D eigenvalue weighted by Gasteiger charge is -2.30. The molecule has 0 aromatic carbocycles. The van der Waals surface area contributed by atoms with E-state index in [0.29, 0.717) is 0 Å². The topological polar surface area (TPSA) is 67.3 Å². The minimum Gasteiger partial charge on any atom is -0.378 e. The number of pyridine rings is 4. The van der Waals surface area contributed by atoms with Gasteiger partial charge in [0.2, 0.25) is 0 Å². The number of ether oxygens (including phenoxy) is 1. The summed E-state index contributed by atoms with van der Waals surface area (Å²) in [4.78, 5) is 24.0. The Morgan fingerprint density at radius 1 is 0.971 bits per heavy atom. The van der Waals surface area contributed by atoms with Crippen molar-refractivity contribution in [2.45, 2.75) is 33.1 Å². The molecule has 0 atom stereocenters. The number of hydrogen-bond acceptors (Lipinski definition) is 7. The van der Waals surface area contributed by atoms with Gasteiger partial charge in [-0.25, -0.2) is 9.97 Å². The fourth-order valence-electron chi connectivity index (χ4n) is 5.36. The molecule has 2 aliphatic rings. The largest absolute Gasteiger partial charge is 0.378 e. The number of rotatable bonds is 3. The van der Waals surface area contributed by atoms with Crippen molar-refractivity contribution in [3.63, 3.8) is 0 Å². The second-order valence-electron chi connectivity index (χ2n) is 10.2. The third-order valence-electron chi connectivity index (χ3n) is 7.11. The average molecular weight is 467 g/mol. The van der Waals surface area contributed by atoms with Gasteiger partial charge in [0.05, 0.1) is 53.6 Å². The van der Waals surface area contributed by atoms with Gasteiger partial charge in [-0.15, -0.1) is 0 Å². The van der Waals surface area contributed by atoms with Crippen molar-refractivity contribution in [2.75, 3.05) is 42.6 Å². The molecular weight excluding hydrogens is 436 g/mol. The van der Waals surface area contributed by atoms with Gasteiger partial charge in [0.25, 0.3) is 0 Å². The molecule has 1 fully saturated rings. The first-order valence-corrected chi connectivity index (χ1v) is 12.2. The first-order chi connectivity index (χ1) is 16.9. The van der Waals surface area contributed by atoms with Crippen molar-refractivity contribution in [3.8, 4) is 11.4 Å². The van der Waals surface area contributed by atoms with Crippen molar-refractivity contribution in [1.29, 1.82) is 0 Å². The van der Waals surface area contributed by atoms with Crippen LogP contribution >= 0.6 is 0 Å². The Bertz CT molecular complexity index is 1430. The number of fused-ring (bicyclic) bond motifs is 2. The quantitative estimate of drug-likeness (QED) is 0.422. The highest BCUT2D eigenvalue weighted by atomic mass is 16.5. The van der Waals surface area contributed by atoms with Crippen LogP contribution in [0.1, 0.15) is 30.7 Å². The van der Waals surface area contributed by atoms with Crippen molar-refractivity contribution < 1.29 is 4.74 Å². The summed E-state index contributed by atoms with van der Waals surface area (Å²) in [7, 11) is 0. The summed E-state index contributed by atoms with van der Waals surface area (Å²) in [6.07, 6.45) is 5.68. The molecule has 6 heterocycles. The van der Waals surface area contributed by atoms with Crippen molar-refractivity contribution >= 4 is 28.1 Å². The molecule has 0 aliphatic carbocycles. The predicted molar refractivity (Wildman–Crippen MR) is 140 cm³/mol. The van der Waals surface area contributed by atoms with E-state index in [4.69, 9.17) is 14.7 Å². The highest BCUT2D eigenvalue weighted by Crippen LogP contribution is 2.48. The molecule has 6 rings (SSSR count). The van der Waals surface area contributed by atoms with Gasteiger partial charge in [-0.1, -0.05) is 13.8 Å². The van der Waals surface area contributed by atoms with Gasteiger partial charge in [0.15, 0.2) is 5.65 Å². The number of aromatic nitrogens is 4. The Kier molecular flexibility index (Phi) is 5.18. The normalized spacial score (nSPS) is 17.1. The second-order valence-corrected chi connectivity index (χ2v) is 10.2. The minimum absolute atomic E-state index is 0.0924. The van der Waals surface area contributed by atoms with E-state index in [1.54, 1.807) is 0 Å². The van der Waals surface area contributed by atoms with Crippen LogP contribution < -0.4 is 9.80 Å². The molecule has 2 aliphatic heterocycles. The standard InChI is InChI=1S/C28H30N6O/c1-18-7-9-29-22(14-18)24-19(2)25(21-6-5-8-30-27(21)32-24)34-17-28(3,4)26-23(34)15-20(16-31-26)33-10-12-35-13-11-33/h5-9,14-16H,10-13,17H2,1-4H3.